The summed E-state index contributed by atoms with van der Waals surface area (Å²) in [4.78, 5) is 6.78. The molecule has 2 aromatic rings. The average Bonchev–Trinajstić information content (AvgIpc) is 2.46. The van der Waals surface area contributed by atoms with Crippen molar-refractivity contribution in [2.24, 2.45) is 5.73 Å². The van der Waals surface area contributed by atoms with E-state index in [-0.39, 0.29) is 18.5 Å². The van der Waals surface area contributed by atoms with E-state index in [0.717, 1.165) is 10.9 Å². The number of para-hydroxylation sites is 1. The summed E-state index contributed by atoms with van der Waals surface area (Å²) in [6.07, 6.45) is 0.657. The second kappa shape index (κ2) is 6.54. The van der Waals surface area contributed by atoms with Gasteiger partial charge in [-0.1, -0.05) is 18.2 Å². The van der Waals surface area contributed by atoms with Gasteiger partial charge in [0.25, 0.3) is 0 Å². The lowest BCUT2D eigenvalue weighted by Gasteiger charge is -2.29. The molecule has 0 aliphatic heterocycles. The van der Waals surface area contributed by atoms with Gasteiger partial charge in [-0.3, -0.25) is 5.41 Å². The smallest absolute Gasteiger partial charge is 0.140 e. The van der Waals surface area contributed by atoms with Crippen molar-refractivity contribution < 1.29 is 5.11 Å². The fourth-order valence-electron chi connectivity index (χ4n) is 2.37. The highest BCUT2D eigenvalue weighted by Crippen LogP contribution is 2.25. The summed E-state index contributed by atoms with van der Waals surface area (Å²) in [5, 5.41) is 17.9. The van der Waals surface area contributed by atoms with Gasteiger partial charge in [0.2, 0.25) is 0 Å². The number of nitrogens with one attached hydrogen (secondary N) is 1. The van der Waals surface area contributed by atoms with Crippen LogP contribution in [0.1, 0.15) is 25.8 Å². The molecule has 0 atom stereocenters. The number of fused-ring (bicyclic) bond motifs is 1. The summed E-state index contributed by atoms with van der Waals surface area (Å²) in [7, 11) is 0. The lowest BCUT2D eigenvalue weighted by Crippen LogP contribution is -2.35. The number of pyridine rings is 1. The molecule has 0 fully saturated rings. The van der Waals surface area contributed by atoms with Crippen molar-refractivity contribution in [2.75, 3.05) is 18.1 Å². The summed E-state index contributed by atoms with van der Waals surface area (Å²) in [6.45, 7) is 4.95. The first-order valence-corrected chi connectivity index (χ1v) is 7.16. The topological polar surface area (TPSA) is 86.2 Å². The number of aromatic nitrogens is 1. The van der Waals surface area contributed by atoms with Gasteiger partial charge in [-0.2, -0.15) is 0 Å². The number of hydrogen-bond acceptors (Lipinski definition) is 4. The van der Waals surface area contributed by atoms with Crippen molar-refractivity contribution in [3.8, 4) is 0 Å². The highest BCUT2D eigenvalue weighted by molar-refractivity contribution is 6.03. The van der Waals surface area contributed by atoms with Crippen molar-refractivity contribution in [1.29, 1.82) is 5.41 Å². The zero-order chi connectivity index (χ0) is 15.4. The number of rotatable bonds is 6. The number of hydrogen-bond donors (Lipinski definition) is 3. The van der Waals surface area contributed by atoms with Gasteiger partial charge in [0.1, 0.15) is 11.7 Å². The molecular weight excluding hydrogens is 264 g/mol. The van der Waals surface area contributed by atoms with Crippen LogP contribution < -0.4 is 10.6 Å². The Kier molecular flexibility index (Phi) is 4.75. The minimum Gasteiger partial charge on any atom is -0.396 e. The molecule has 0 bridgehead atoms. The van der Waals surface area contributed by atoms with Crippen LogP contribution in [0.4, 0.5) is 5.82 Å². The van der Waals surface area contributed by atoms with Gasteiger partial charge < -0.3 is 15.7 Å². The number of benzene rings is 1. The summed E-state index contributed by atoms with van der Waals surface area (Å²) < 4.78 is 0. The van der Waals surface area contributed by atoms with Crippen molar-refractivity contribution in [3.63, 3.8) is 0 Å². The summed E-state index contributed by atoms with van der Waals surface area (Å²) >= 11 is 0. The molecule has 1 heterocycles. The van der Waals surface area contributed by atoms with E-state index in [1.807, 2.05) is 30.3 Å². The number of aliphatic hydroxyl groups is 1. The van der Waals surface area contributed by atoms with E-state index in [2.05, 4.69) is 18.7 Å². The van der Waals surface area contributed by atoms with Crippen LogP contribution in [-0.2, 0) is 0 Å². The van der Waals surface area contributed by atoms with E-state index in [9.17, 15) is 0 Å². The number of nitrogen functional groups attached to an aromatic ring is 1. The van der Waals surface area contributed by atoms with Crippen molar-refractivity contribution in [3.05, 3.63) is 35.9 Å². The minimum absolute atomic E-state index is 0.0119. The highest BCUT2D eigenvalue weighted by Gasteiger charge is 2.18. The summed E-state index contributed by atoms with van der Waals surface area (Å²) in [5.41, 5.74) is 7.26. The first-order chi connectivity index (χ1) is 10.0. The van der Waals surface area contributed by atoms with Crippen LogP contribution in [0.25, 0.3) is 10.9 Å². The zero-order valence-corrected chi connectivity index (χ0v) is 12.5. The lowest BCUT2D eigenvalue weighted by molar-refractivity contribution is 0.288. The summed E-state index contributed by atoms with van der Waals surface area (Å²) in [6, 6.07) is 9.93. The molecule has 5 heteroatoms. The Hall–Kier alpha value is -2.14. The van der Waals surface area contributed by atoms with E-state index in [1.165, 1.54) is 0 Å². The number of nitrogens with two attached hydrogens (primary N) is 1. The first kappa shape index (κ1) is 15.3. The lowest BCUT2D eigenvalue weighted by atomic mass is 10.1. The first-order valence-electron chi connectivity index (χ1n) is 7.16. The molecule has 4 N–H and O–H groups in total. The molecule has 0 radical (unpaired) electrons. The van der Waals surface area contributed by atoms with E-state index in [1.54, 1.807) is 0 Å². The molecule has 2 rings (SSSR count). The third-order valence-corrected chi connectivity index (χ3v) is 3.45. The zero-order valence-electron chi connectivity index (χ0n) is 12.5. The van der Waals surface area contributed by atoms with Crippen LogP contribution in [0, 0.1) is 5.41 Å². The maximum absolute atomic E-state index is 9.08. The van der Waals surface area contributed by atoms with E-state index in [4.69, 9.17) is 21.2 Å². The molecule has 1 aromatic carbocycles. The number of nitrogens with zero attached hydrogens (tertiary/aromatic N) is 2. The quantitative estimate of drug-likeness (QED) is 0.561. The van der Waals surface area contributed by atoms with E-state index >= 15 is 0 Å². The molecule has 0 saturated carbocycles. The van der Waals surface area contributed by atoms with Gasteiger partial charge in [0.15, 0.2) is 0 Å². The molecule has 112 valence electrons. The maximum atomic E-state index is 9.08. The molecule has 0 amide bonds. The fourth-order valence-corrected chi connectivity index (χ4v) is 2.37. The van der Waals surface area contributed by atoms with Crippen LogP contribution in [0.5, 0.6) is 0 Å². The Morgan fingerprint density at radius 1 is 1.38 bits per heavy atom. The Morgan fingerprint density at radius 2 is 2.10 bits per heavy atom. The molecule has 0 spiro atoms. The Labute approximate surface area is 124 Å². The highest BCUT2D eigenvalue weighted by atomic mass is 16.3. The molecule has 0 unspecified atom stereocenters. The largest absolute Gasteiger partial charge is 0.396 e. The minimum atomic E-state index is 0.0119. The van der Waals surface area contributed by atoms with Crippen molar-refractivity contribution in [1.82, 2.24) is 4.98 Å². The Bertz CT molecular complexity index is 639. The number of anilines is 1. The van der Waals surface area contributed by atoms with Gasteiger partial charge >= 0.3 is 0 Å². The molecule has 0 saturated heterocycles. The normalized spacial score (nSPS) is 11.0. The fraction of sp³-hybridized carbons (Fsp3) is 0.375. The van der Waals surface area contributed by atoms with Gasteiger partial charge in [-0.25, -0.2) is 4.98 Å². The predicted molar refractivity (Wildman–Crippen MR) is 86.9 cm³/mol. The molecular formula is C16H22N4O. The van der Waals surface area contributed by atoms with Crippen LogP contribution in [0.2, 0.25) is 0 Å². The van der Waals surface area contributed by atoms with Crippen LogP contribution >= 0.6 is 0 Å². The van der Waals surface area contributed by atoms with E-state index in [0.29, 0.717) is 24.3 Å². The van der Waals surface area contributed by atoms with Crippen molar-refractivity contribution >= 4 is 22.6 Å². The summed E-state index contributed by atoms with van der Waals surface area (Å²) in [5.74, 6) is 0.725. The van der Waals surface area contributed by atoms with Crippen molar-refractivity contribution in [2.45, 2.75) is 26.3 Å². The third kappa shape index (κ3) is 3.31. The van der Waals surface area contributed by atoms with Gasteiger partial charge in [0, 0.05) is 24.6 Å². The second-order valence-electron chi connectivity index (χ2n) is 5.33. The van der Waals surface area contributed by atoms with Gasteiger partial charge in [-0.15, -0.1) is 0 Å². The molecule has 0 aliphatic rings. The van der Waals surface area contributed by atoms with Gasteiger partial charge in [0.05, 0.1) is 11.1 Å². The van der Waals surface area contributed by atoms with Crippen LogP contribution in [-0.4, -0.2) is 35.1 Å². The SMILES string of the molecule is CC(C)N(CCCO)c1nc2ccccc2cc1C(=N)N. The maximum Gasteiger partial charge on any atom is 0.140 e. The second-order valence-corrected chi connectivity index (χ2v) is 5.33. The standard InChI is InChI=1S/C16H22N4O/c1-11(2)20(8-5-9-21)16-13(15(17)18)10-12-6-3-4-7-14(12)19-16/h3-4,6-7,10-11,21H,5,8-9H2,1-2H3,(H3,17,18). The van der Waals surface area contributed by atoms with Gasteiger partial charge in [-0.05, 0) is 32.4 Å². The Morgan fingerprint density at radius 3 is 2.71 bits per heavy atom. The predicted octanol–water partition coefficient (Wildman–Crippen LogP) is 2.12. The monoisotopic (exact) mass is 286 g/mol. The third-order valence-electron chi connectivity index (χ3n) is 3.45. The van der Waals surface area contributed by atoms with Crippen LogP contribution in [0.3, 0.4) is 0 Å². The molecule has 21 heavy (non-hydrogen) atoms. The molecule has 0 aliphatic carbocycles. The van der Waals surface area contributed by atoms with E-state index < -0.39 is 0 Å². The number of aliphatic hydroxyl groups excluding tert-OH is 1. The van der Waals surface area contributed by atoms with Crippen LogP contribution in [0.15, 0.2) is 30.3 Å². The number of amidine groups is 1. The molecule has 5 nitrogen and oxygen atoms in total. The molecule has 1 aromatic heterocycles. The Balaban J connectivity index is 2.57. The average molecular weight is 286 g/mol.